The minimum absolute atomic E-state index is 0.0930. The molecule has 0 radical (unpaired) electrons. The van der Waals surface area contributed by atoms with Gasteiger partial charge < -0.3 is 10.4 Å². The maximum Gasteiger partial charge on any atom is 0.417 e. The number of benzene rings is 1. The summed E-state index contributed by atoms with van der Waals surface area (Å²) in [5.41, 5.74) is -0.171. The summed E-state index contributed by atoms with van der Waals surface area (Å²) in [4.78, 5) is 7.05. The Morgan fingerprint density at radius 2 is 2.00 bits per heavy atom. The third kappa shape index (κ3) is 5.26. The maximum atomic E-state index is 12.7. The second-order valence-corrected chi connectivity index (χ2v) is 6.28. The molecule has 0 aliphatic rings. The predicted molar refractivity (Wildman–Crippen MR) is 89.9 cm³/mol. The molecule has 0 spiro atoms. The topological polar surface area (TPSA) is 90.3 Å². The smallest absolute Gasteiger partial charge is 0.417 e. The second kappa shape index (κ2) is 7.74. The summed E-state index contributed by atoms with van der Waals surface area (Å²) >= 11 is 3.34. The number of halogens is 4. The molecule has 0 atom stereocenters. The Morgan fingerprint density at radius 1 is 1.26 bits per heavy atom. The lowest BCUT2D eigenvalue weighted by Crippen LogP contribution is -2.35. The van der Waals surface area contributed by atoms with Crippen LogP contribution in [-0.4, -0.2) is 16.3 Å². The number of anilines is 1. The molecule has 0 aliphatic heterocycles. The van der Waals surface area contributed by atoms with E-state index < -0.39 is 17.8 Å². The molecule has 0 bridgehead atoms. The zero-order valence-electron chi connectivity index (χ0n) is 13.4. The van der Waals surface area contributed by atoms with Crippen LogP contribution in [0.2, 0.25) is 0 Å². The molecule has 140 valence electrons. The molecular weight excluding hydrogens is 431 g/mol. The Morgan fingerprint density at radius 3 is 2.70 bits per heavy atom. The van der Waals surface area contributed by atoms with E-state index in [-0.39, 0.29) is 11.6 Å². The van der Waals surface area contributed by atoms with Gasteiger partial charge in [0.25, 0.3) is 6.20 Å². The van der Waals surface area contributed by atoms with Gasteiger partial charge in [0, 0.05) is 16.2 Å². The van der Waals surface area contributed by atoms with Crippen molar-refractivity contribution in [1.82, 2.24) is 10.3 Å². The van der Waals surface area contributed by atoms with Crippen molar-refractivity contribution in [2.45, 2.75) is 12.7 Å². The zero-order valence-corrected chi connectivity index (χ0v) is 15.0. The van der Waals surface area contributed by atoms with Crippen LogP contribution in [0.25, 0.3) is 0 Å². The molecule has 0 aliphatic carbocycles. The number of aromatic nitrogens is 3. The van der Waals surface area contributed by atoms with Crippen LogP contribution in [0.5, 0.6) is 0 Å². The number of rotatable bonds is 4. The van der Waals surface area contributed by atoms with Gasteiger partial charge in [-0.05, 0) is 22.9 Å². The number of alkyl halides is 3. The van der Waals surface area contributed by atoms with Crippen molar-refractivity contribution < 1.29 is 27.5 Å². The van der Waals surface area contributed by atoms with E-state index in [0.29, 0.717) is 12.7 Å². The molecule has 27 heavy (non-hydrogen) atoms. The molecule has 2 heterocycles. The first-order valence-corrected chi connectivity index (χ1v) is 8.25. The first-order chi connectivity index (χ1) is 12.8. The summed E-state index contributed by atoms with van der Waals surface area (Å²) in [6, 6.07) is 7.36. The Hall–Kier alpha value is -2.95. The minimum Gasteiger partial charge on any atom is -0.846 e. The normalized spacial score (nSPS) is 12.2. The van der Waals surface area contributed by atoms with Gasteiger partial charge >= 0.3 is 12.1 Å². The van der Waals surface area contributed by atoms with E-state index in [1.165, 1.54) is 10.9 Å². The van der Waals surface area contributed by atoms with Crippen molar-refractivity contribution in [1.29, 1.82) is 0 Å². The molecule has 0 saturated heterocycles. The van der Waals surface area contributed by atoms with Crippen LogP contribution in [0.3, 0.4) is 0 Å². The monoisotopic (exact) mass is 441 g/mol. The number of hydrogen-bond donors (Lipinski definition) is 1. The summed E-state index contributed by atoms with van der Waals surface area (Å²) < 4.78 is 45.3. The highest BCUT2D eigenvalue weighted by molar-refractivity contribution is 9.10. The van der Waals surface area contributed by atoms with Gasteiger partial charge in [-0.25, -0.2) is 4.99 Å². The lowest BCUT2D eigenvalue weighted by molar-refractivity contribution is -0.754. The van der Waals surface area contributed by atoms with Crippen molar-refractivity contribution in [3.8, 4) is 0 Å². The van der Waals surface area contributed by atoms with Gasteiger partial charge in [0.05, 0.1) is 23.5 Å². The molecule has 3 rings (SSSR count). The fourth-order valence-corrected chi connectivity index (χ4v) is 2.35. The fraction of sp³-hybridized carbons (Fsp3) is 0.125. The molecule has 0 saturated carbocycles. The van der Waals surface area contributed by atoms with Crippen LogP contribution in [0.1, 0.15) is 11.1 Å². The molecule has 0 fully saturated rings. The molecule has 7 nitrogen and oxygen atoms in total. The van der Waals surface area contributed by atoms with Crippen molar-refractivity contribution in [2.75, 3.05) is 5.32 Å². The van der Waals surface area contributed by atoms with Crippen molar-refractivity contribution in [3.63, 3.8) is 0 Å². The Balaban J connectivity index is 1.68. The van der Waals surface area contributed by atoms with Crippen molar-refractivity contribution >= 4 is 33.5 Å². The molecule has 1 N–H and O–H groups in total. The highest BCUT2D eigenvalue weighted by Crippen LogP contribution is 2.29. The second-order valence-electron chi connectivity index (χ2n) is 5.37. The number of amidine groups is 1. The average Bonchev–Trinajstić information content (AvgIpc) is 3.03. The van der Waals surface area contributed by atoms with Gasteiger partial charge in [-0.1, -0.05) is 28.1 Å². The number of aliphatic imine (C=N–C) groups is 1. The van der Waals surface area contributed by atoms with E-state index in [0.717, 1.165) is 22.3 Å². The molecule has 0 unspecified atom stereocenters. The van der Waals surface area contributed by atoms with E-state index in [1.54, 1.807) is 0 Å². The Kier molecular flexibility index (Phi) is 5.40. The van der Waals surface area contributed by atoms with Gasteiger partial charge in [-0.15, -0.1) is 0 Å². The highest BCUT2D eigenvalue weighted by atomic mass is 79.9. The number of nitrogens with zero attached hydrogens (tertiary/aromatic N) is 4. The Bertz CT molecular complexity index is 957. The average molecular weight is 442 g/mol. The third-order valence-corrected chi connectivity index (χ3v) is 3.81. The lowest BCUT2D eigenvalue weighted by atomic mass is 10.2. The first kappa shape index (κ1) is 18.8. The maximum absolute atomic E-state index is 12.7. The molecule has 1 aromatic carbocycles. The van der Waals surface area contributed by atoms with E-state index in [2.05, 4.69) is 36.5 Å². The van der Waals surface area contributed by atoms with E-state index >= 15 is 0 Å². The standard InChI is InChI=1S/C16H11BrF3N5O2/c17-12-3-1-10(2-4-12)8-25-9-14(27-24-25)23-15(26)22-13-5-11(6-21-7-13)16(18,19)20/h1-7,9H,8H2,(H-,22,23,24,26). The Labute approximate surface area is 159 Å². The number of nitrogens with one attached hydrogen (secondary N) is 1. The summed E-state index contributed by atoms with van der Waals surface area (Å²) in [6.07, 6.45) is -1.43. The van der Waals surface area contributed by atoms with E-state index in [9.17, 15) is 18.3 Å². The van der Waals surface area contributed by atoms with Crippen LogP contribution in [0, 0.1) is 0 Å². The van der Waals surface area contributed by atoms with Crippen LogP contribution in [0.4, 0.5) is 24.7 Å². The number of hydrogen-bond acceptors (Lipinski definition) is 5. The summed E-state index contributed by atoms with van der Waals surface area (Å²) in [5.74, 6) is -0.0930. The summed E-state index contributed by atoms with van der Waals surface area (Å²) in [7, 11) is 0. The fourth-order valence-electron chi connectivity index (χ4n) is 2.08. The largest absolute Gasteiger partial charge is 0.846 e. The van der Waals surface area contributed by atoms with Crippen LogP contribution < -0.4 is 15.1 Å². The van der Waals surface area contributed by atoms with Gasteiger partial charge in [0.2, 0.25) is 11.8 Å². The summed E-state index contributed by atoms with van der Waals surface area (Å²) in [6.45, 7) is 0.394. The van der Waals surface area contributed by atoms with Crippen LogP contribution in [0.15, 0.2) is 62.9 Å². The van der Waals surface area contributed by atoms with Crippen LogP contribution in [-0.2, 0) is 12.7 Å². The van der Waals surface area contributed by atoms with Gasteiger partial charge in [0.15, 0.2) is 0 Å². The quantitative estimate of drug-likeness (QED) is 0.381. The molecule has 11 heteroatoms. The third-order valence-electron chi connectivity index (χ3n) is 3.29. The summed E-state index contributed by atoms with van der Waals surface area (Å²) in [5, 5.41) is 17.8. The van der Waals surface area contributed by atoms with Crippen LogP contribution >= 0.6 is 15.9 Å². The van der Waals surface area contributed by atoms with Gasteiger partial charge in [-0.3, -0.25) is 9.51 Å². The van der Waals surface area contributed by atoms with Crippen molar-refractivity contribution in [3.05, 3.63) is 64.5 Å². The zero-order chi connectivity index (χ0) is 19.4. The molecular formula is C16H11BrF3N5O2. The van der Waals surface area contributed by atoms with E-state index in [1.807, 2.05) is 24.3 Å². The lowest BCUT2D eigenvalue weighted by Gasteiger charge is -2.13. The predicted octanol–water partition coefficient (Wildman–Crippen LogP) is 2.65. The van der Waals surface area contributed by atoms with E-state index in [4.69, 9.17) is 4.52 Å². The van der Waals surface area contributed by atoms with Gasteiger partial charge in [0.1, 0.15) is 0 Å². The number of pyridine rings is 1. The molecule has 2 aromatic heterocycles. The highest BCUT2D eigenvalue weighted by Gasteiger charge is 2.31. The SMILES string of the molecule is [O-]C(=Nc1c[n+](Cc2ccc(Br)cc2)no1)Nc1cncc(C(F)(F)F)c1. The minimum atomic E-state index is -4.56. The molecule has 3 aromatic rings. The first-order valence-electron chi connectivity index (χ1n) is 7.45. The molecule has 0 amide bonds. The van der Waals surface area contributed by atoms with Gasteiger partial charge in [-0.2, -0.15) is 13.2 Å². The van der Waals surface area contributed by atoms with Crippen molar-refractivity contribution in [2.24, 2.45) is 4.99 Å².